The van der Waals surface area contributed by atoms with Crippen LogP contribution in [-0.2, 0) is 4.84 Å². The van der Waals surface area contributed by atoms with Gasteiger partial charge in [0.2, 0.25) is 0 Å². The van der Waals surface area contributed by atoms with Crippen LogP contribution in [0.2, 0.25) is 0 Å². The molecule has 0 fully saturated rings. The van der Waals surface area contributed by atoms with E-state index in [9.17, 15) is 0 Å². The van der Waals surface area contributed by atoms with Crippen molar-refractivity contribution in [2.75, 3.05) is 0 Å². The molecule has 1 heterocycles. The molecule has 0 amide bonds. The number of hydroxylamine groups is 1. The van der Waals surface area contributed by atoms with Gasteiger partial charge in [-0.1, -0.05) is 30.3 Å². The Morgan fingerprint density at radius 1 is 0.850 bits per heavy atom. The number of nitrogens with zero attached hydrogens (tertiary/aromatic N) is 1. The molecule has 0 unspecified atom stereocenters. The Kier molecular flexibility index (Phi) is 2.47. The molecule has 20 heavy (non-hydrogen) atoms. The molecule has 3 aromatic rings. The third kappa shape index (κ3) is 1.92. The van der Waals surface area contributed by atoms with Gasteiger partial charge < -0.3 is 9.68 Å². The number of hydrogen-bond donors (Lipinski definition) is 1. The molecular weight excluding hydrogens is 252 g/mol. The maximum absolute atomic E-state index is 5.61. The van der Waals surface area contributed by atoms with Crippen molar-refractivity contribution in [2.45, 2.75) is 0 Å². The number of rotatable bonds is 2. The Balaban J connectivity index is 1.77. The largest absolute Gasteiger partial charge is 0.392 e. The lowest BCUT2D eigenvalue weighted by Crippen LogP contribution is -2.30. The number of hydrazine groups is 1. The Hall–Kier alpha value is -2.72. The molecular formula is C16H12N2O2. The monoisotopic (exact) mass is 264 g/mol. The van der Waals surface area contributed by atoms with Crippen LogP contribution in [0.1, 0.15) is 0 Å². The minimum absolute atomic E-state index is 0.746. The van der Waals surface area contributed by atoms with Gasteiger partial charge in [0.05, 0.1) is 6.20 Å². The highest BCUT2D eigenvalue weighted by molar-refractivity contribution is 5.98. The van der Waals surface area contributed by atoms with Gasteiger partial charge in [0.25, 0.3) is 0 Å². The van der Waals surface area contributed by atoms with E-state index in [0.29, 0.717) is 0 Å². The first-order valence-electron chi connectivity index (χ1n) is 6.36. The molecule has 1 aliphatic heterocycles. The van der Waals surface area contributed by atoms with Gasteiger partial charge in [0.15, 0.2) is 5.75 Å². The molecule has 4 nitrogen and oxygen atoms in total. The van der Waals surface area contributed by atoms with Crippen molar-refractivity contribution in [1.82, 2.24) is 10.8 Å². The van der Waals surface area contributed by atoms with Gasteiger partial charge in [0.1, 0.15) is 6.26 Å². The molecule has 0 aromatic heterocycles. The summed E-state index contributed by atoms with van der Waals surface area (Å²) in [5.41, 5.74) is 2.58. The minimum Gasteiger partial charge on any atom is -0.392 e. The number of nitrogens with one attached hydrogen (secondary N) is 1. The van der Waals surface area contributed by atoms with Gasteiger partial charge >= 0.3 is 0 Å². The van der Waals surface area contributed by atoms with Gasteiger partial charge in [-0.3, -0.25) is 0 Å². The molecule has 1 N–H and O–H groups in total. The van der Waals surface area contributed by atoms with Crippen LogP contribution in [-0.4, -0.2) is 5.17 Å². The van der Waals surface area contributed by atoms with Crippen LogP contribution in [0.25, 0.3) is 21.5 Å². The molecule has 0 spiro atoms. The van der Waals surface area contributed by atoms with Crippen molar-refractivity contribution in [3.05, 3.63) is 67.1 Å². The fourth-order valence-corrected chi connectivity index (χ4v) is 2.34. The van der Waals surface area contributed by atoms with Crippen LogP contribution in [0.4, 0.5) is 0 Å². The van der Waals surface area contributed by atoms with Gasteiger partial charge in [-0.15, -0.1) is 5.17 Å². The molecule has 0 aliphatic carbocycles. The fraction of sp³-hybridized carbons (Fsp3) is 0. The van der Waals surface area contributed by atoms with E-state index in [1.807, 2.05) is 18.2 Å². The number of benzene rings is 3. The van der Waals surface area contributed by atoms with E-state index in [1.165, 1.54) is 27.6 Å². The van der Waals surface area contributed by atoms with Gasteiger partial charge in [-0.05, 0) is 51.4 Å². The van der Waals surface area contributed by atoms with E-state index < -0.39 is 0 Å². The summed E-state index contributed by atoms with van der Waals surface area (Å²) < 4.78 is 0. The third-order valence-corrected chi connectivity index (χ3v) is 3.29. The number of fused-ring (bicyclic) bond motifs is 2. The van der Waals surface area contributed by atoms with Crippen LogP contribution in [0.5, 0.6) is 5.75 Å². The van der Waals surface area contributed by atoms with Gasteiger partial charge in [-0.2, -0.15) is 0 Å². The van der Waals surface area contributed by atoms with Crippen molar-refractivity contribution in [3.8, 4) is 5.75 Å². The topological polar surface area (TPSA) is 33.7 Å². The van der Waals surface area contributed by atoms with E-state index in [0.717, 1.165) is 11.1 Å². The lowest BCUT2D eigenvalue weighted by atomic mass is 10.0. The van der Waals surface area contributed by atoms with Crippen LogP contribution in [0.3, 0.4) is 0 Å². The zero-order valence-corrected chi connectivity index (χ0v) is 10.6. The highest BCUT2D eigenvalue weighted by Crippen LogP contribution is 2.26. The lowest BCUT2D eigenvalue weighted by molar-refractivity contribution is -0.132. The van der Waals surface area contributed by atoms with Crippen molar-refractivity contribution in [1.29, 1.82) is 0 Å². The molecule has 0 radical (unpaired) electrons. The summed E-state index contributed by atoms with van der Waals surface area (Å²) in [4.78, 5) is 10.5. The van der Waals surface area contributed by atoms with Crippen LogP contribution >= 0.6 is 0 Å². The van der Waals surface area contributed by atoms with E-state index in [1.54, 1.807) is 6.20 Å². The predicted molar refractivity (Wildman–Crippen MR) is 77.3 cm³/mol. The summed E-state index contributed by atoms with van der Waals surface area (Å²) in [6, 6.07) is 18.7. The summed E-state index contributed by atoms with van der Waals surface area (Å²) in [5, 5.41) is 6.20. The fourth-order valence-electron chi connectivity index (χ4n) is 2.34. The Bertz CT molecular complexity index is 814. The van der Waals surface area contributed by atoms with Crippen molar-refractivity contribution >= 4 is 21.5 Å². The first kappa shape index (κ1) is 11.1. The maximum Gasteiger partial charge on any atom is 0.158 e. The normalized spacial score (nSPS) is 13.9. The molecule has 3 aromatic carbocycles. The standard InChI is InChI=1S/C16H12N2O2/c1-2-4-13-10-15-11-16(20-18-7-8-19-17-18)6-5-14(15)9-12(13)3-1/h1-11,17H. The Morgan fingerprint density at radius 3 is 2.35 bits per heavy atom. The summed E-state index contributed by atoms with van der Waals surface area (Å²) in [6.07, 6.45) is 3.17. The average molecular weight is 264 g/mol. The molecule has 0 bridgehead atoms. The first-order valence-corrected chi connectivity index (χ1v) is 6.36. The van der Waals surface area contributed by atoms with E-state index in [4.69, 9.17) is 9.68 Å². The summed E-state index contributed by atoms with van der Waals surface area (Å²) in [6.45, 7) is 0. The first-order chi connectivity index (χ1) is 9.88. The lowest BCUT2D eigenvalue weighted by Gasteiger charge is -2.14. The zero-order valence-electron chi connectivity index (χ0n) is 10.6. The predicted octanol–water partition coefficient (Wildman–Crippen LogP) is 3.51. The maximum atomic E-state index is 5.61. The minimum atomic E-state index is 0.746. The van der Waals surface area contributed by atoms with Crippen LogP contribution in [0.15, 0.2) is 67.1 Å². The molecule has 0 saturated heterocycles. The molecule has 98 valence electrons. The second kappa shape index (κ2) is 4.43. The van der Waals surface area contributed by atoms with Crippen LogP contribution < -0.4 is 10.4 Å². The summed E-state index contributed by atoms with van der Waals surface area (Å²) in [5.74, 6) is 0.746. The van der Waals surface area contributed by atoms with Gasteiger partial charge in [-0.25, -0.2) is 0 Å². The summed E-state index contributed by atoms with van der Waals surface area (Å²) in [7, 11) is 0. The molecule has 1 aliphatic rings. The Morgan fingerprint density at radius 2 is 1.60 bits per heavy atom. The summed E-state index contributed by atoms with van der Waals surface area (Å²) >= 11 is 0. The number of hydrogen-bond acceptors (Lipinski definition) is 4. The Labute approximate surface area is 115 Å². The van der Waals surface area contributed by atoms with E-state index in [-0.39, 0.29) is 0 Å². The van der Waals surface area contributed by atoms with Crippen molar-refractivity contribution in [2.24, 2.45) is 0 Å². The quantitative estimate of drug-likeness (QED) is 0.718. The van der Waals surface area contributed by atoms with Gasteiger partial charge in [0, 0.05) is 0 Å². The highest BCUT2D eigenvalue weighted by atomic mass is 16.8. The molecule has 0 atom stereocenters. The highest BCUT2D eigenvalue weighted by Gasteiger charge is 2.07. The molecule has 4 rings (SSSR count). The smallest absolute Gasteiger partial charge is 0.158 e. The van der Waals surface area contributed by atoms with Crippen molar-refractivity contribution in [3.63, 3.8) is 0 Å². The van der Waals surface area contributed by atoms with E-state index >= 15 is 0 Å². The van der Waals surface area contributed by atoms with Crippen molar-refractivity contribution < 1.29 is 9.68 Å². The molecule has 0 saturated carbocycles. The SMILES string of the molecule is C1=CN(Oc2ccc3cc4ccccc4cc3c2)NO1. The third-order valence-electron chi connectivity index (χ3n) is 3.29. The second-order valence-electron chi connectivity index (χ2n) is 4.62. The van der Waals surface area contributed by atoms with Crippen LogP contribution in [0, 0.1) is 0 Å². The zero-order chi connectivity index (χ0) is 13.4. The van der Waals surface area contributed by atoms with E-state index in [2.05, 4.69) is 42.0 Å². The second-order valence-corrected chi connectivity index (χ2v) is 4.62. The average Bonchev–Trinajstić information content (AvgIpc) is 2.98. The molecule has 4 heteroatoms.